The molecule has 0 aliphatic heterocycles. The van der Waals surface area contributed by atoms with Crippen LogP contribution in [-0.2, 0) is 4.79 Å². The van der Waals surface area contributed by atoms with Crippen molar-refractivity contribution in [2.24, 2.45) is 11.8 Å². The predicted molar refractivity (Wildman–Crippen MR) is 75.4 cm³/mol. The molecule has 20 heavy (non-hydrogen) atoms. The molecule has 6 nitrogen and oxygen atoms in total. The Morgan fingerprint density at radius 3 is 2.25 bits per heavy atom. The Hall–Kier alpha value is -1.30. The maximum atomic E-state index is 11.9. The van der Waals surface area contributed by atoms with Crippen LogP contribution < -0.4 is 10.6 Å². The van der Waals surface area contributed by atoms with Gasteiger partial charge in [0.2, 0.25) is 0 Å². The van der Waals surface area contributed by atoms with E-state index in [1.165, 1.54) is 13.3 Å². The summed E-state index contributed by atoms with van der Waals surface area (Å²) in [4.78, 5) is 22.8. The molecular formula is C14H26N2O4. The third-order valence-electron chi connectivity index (χ3n) is 4.03. The highest BCUT2D eigenvalue weighted by atomic mass is 16.4. The van der Waals surface area contributed by atoms with Gasteiger partial charge in [-0.1, -0.05) is 26.7 Å². The SMILES string of the molecule is CC(C)C1CCCCC1NC(=O)NC(C(=O)O)C(C)O. The monoisotopic (exact) mass is 286 g/mol. The highest BCUT2D eigenvalue weighted by molar-refractivity contribution is 5.83. The van der Waals surface area contributed by atoms with Crippen LogP contribution in [-0.4, -0.2) is 40.4 Å². The van der Waals surface area contributed by atoms with Gasteiger partial charge in [-0.25, -0.2) is 9.59 Å². The average Bonchev–Trinajstić information content (AvgIpc) is 2.35. The van der Waals surface area contributed by atoms with Crippen LogP contribution in [0, 0.1) is 11.8 Å². The zero-order valence-electron chi connectivity index (χ0n) is 12.4. The summed E-state index contributed by atoms with van der Waals surface area (Å²) in [5.41, 5.74) is 0. The number of amides is 2. The quantitative estimate of drug-likeness (QED) is 0.613. The molecule has 0 heterocycles. The fraction of sp³-hybridized carbons (Fsp3) is 0.857. The fourth-order valence-electron chi connectivity index (χ4n) is 2.88. The summed E-state index contributed by atoms with van der Waals surface area (Å²) >= 11 is 0. The molecule has 4 unspecified atom stereocenters. The molecule has 4 atom stereocenters. The Morgan fingerprint density at radius 1 is 1.15 bits per heavy atom. The van der Waals surface area contributed by atoms with Crippen molar-refractivity contribution in [1.29, 1.82) is 0 Å². The first kappa shape index (κ1) is 16.8. The van der Waals surface area contributed by atoms with E-state index in [-0.39, 0.29) is 6.04 Å². The van der Waals surface area contributed by atoms with E-state index in [9.17, 15) is 14.7 Å². The minimum Gasteiger partial charge on any atom is -0.480 e. The lowest BCUT2D eigenvalue weighted by molar-refractivity contribution is -0.141. The Balaban J connectivity index is 2.57. The molecule has 2 amide bonds. The lowest BCUT2D eigenvalue weighted by Crippen LogP contribution is -2.54. The van der Waals surface area contributed by atoms with Crippen molar-refractivity contribution in [2.45, 2.75) is 64.6 Å². The van der Waals surface area contributed by atoms with E-state index >= 15 is 0 Å². The van der Waals surface area contributed by atoms with E-state index in [1.807, 2.05) is 0 Å². The second kappa shape index (κ2) is 7.47. The van der Waals surface area contributed by atoms with Crippen molar-refractivity contribution in [3.8, 4) is 0 Å². The Labute approximate surface area is 119 Å². The minimum absolute atomic E-state index is 0.0761. The molecule has 4 N–H and O–H groups in total. The van der Waals surface area contributed by atoms with Crippen molar-refractivity contribution in [3.63, 3.8) is 0 Å². The summed E-state index contributed by atoms with van der Waals surface area (Å²) in [6.07, 6.45) is 3.12. The van der Waals surface area contributed by atoms with Gasteiger partial charge in [0.1, 0.15) is 0 Å². The molecule has 1 rings (SSSR count). The molecule has 1 aliphatic carbocycles. The summed E-state index contributed by atoms with van der Waals surface area (Å²) in [5, 5.41) is 23.5. The zero-order chi connectivity index (χ0) is 15.3. The van der Waals surface area contributed by atoms with Gasteiger partial charge in [0, 0.05) is 6.04 Å². The average molecular weight is 286 g/mol. The summed E-state index contributed by atoms with van der Waals surface area (Å²) in [7, 11) is 0. The van der Waals surface area contributed by atoms with Gasteiger partial charge >= 0.3 is 12.0 Å². The van der Waals surface area contributed by atoms with Crippen molar-refractivity contribution in [1.82, 2.24) is 10.6 Å². The van der Waals surface area contributed by atoms with Gasteiger partial charge in [0.25, 0.3) is 0 Å². The number of carboxylic acids is 1. The number of hydrogen-bond acceptors (Lipinski definition) is 3. The number of urea groups is 1. The second-order valence-electron chi connectivity index (χ2n) is 5.97. The van der Waals surface area contributed by atoms with E-state index in [4.69, 9.17) is 5.11 Å². The number of aliphatic carboxylic acids is 1. The van der Waals surface area contributed by atoms with Gasteiger partial charge in [-0.2, -0.15) is 0 Å². The first-order valence-corrected chi connectivity index (χ1v) is 7.30. The summed E-state index contributed by atoms with van der Waals surface area (Å²) in [6, 6.07) is -1.72. The zero-order valence-corrected chi connectivity index (χ0v) is 12.4. The van der Waals surface area contributed by atoms with Gasteiger partial charge in [-0.05, 0) is 31.6 Å². The van der Waals surface area contributed by atoms with E-state index in [0.717, 1.165) is 19.3 Å². The second-order valence-corrected chi connectivity index (χ2v) is 5.97. The van der Waals surface area contributed by atoms with Crippen LogP contribution in [0.4, 0.5) is 4.79 Å². The van der Waals surface area contributed by atoms with Crippen molar-refractivity contribution < 1.29 is 19.8 Å². The molecule has 116 valence electrons. The summed E-state index contributed by atoms with van der Waals surface area (Å²) in [6.45, 7) is 5.62. The van der Waals surface area contributed by atoms with Crippen LogP contribution in [0.1, 0.15) is 46.5 Å². The molecule has 1 aliphatic rings. The third-order valence-corrected chi connectivity index (χ3v) is 4.03. The Bertz CT molecular complexity index is 344. The van der Waals surface area contributed by atoms with Crippen LogP contribution in [0.25, 0.3) is 0 Å². The van der Waals surface area contributed by atoms with Crippen LogP contribution in [0.2, 0.25) is 0 Å². The van der Waals surface area contributed by atoms with Crippen LogP contribution in [0.5, 0.6) is 0 Å². The van der Waals surface area contributed by atoms with Crippen molar-refractivity contribution in [3.05, 3.63) is 0 Å². The normalized spacial score (nSPS) is 25.9. The molecule has 0 aromatic carbocycles. The Morgan fingerprint density at radius 2 is 1.75 bits per heavy atom. The maximum Gasteiger partial charge on any atom is 0.328 e. The summed E-state index contributed by atoms with van der Waals surface area (Å²) < 4.78 is 0. The van der Waals surface area contributed by atoms with Gasteiger partial charge in [0.15, 0.2) is 6.04 Å². The lowest BCUT2D eigenvalue weighted by atomic mass is 9.78. The number of rotatable bonds is 5. The number of carboxylic acid groups (broad SMARTS) is 1. The minimum atomic E-state index is -1.28. The highest BCUT2D eigenvalue weighted by Gasteiger charge is 2.30. The topological polar surface area (TPSA) is 98.7 Å². The van der Waals surface area contributed by atoms with Crippen molar-refractivity contribution in [2.75, 3.05) is 0 Å². The van der Waals surface area contributed by atoms with Gasteiger partial charge in [0.05, 0.1) is 6.10 Å². The molecule has 1 saturated carbocycles. The van der Waals surface area contributed by atoms with Crippen molar-refractivity contribution >= 4 is 12.0 Å². The smallest absolute Gasteiger partial charge is 0.328 e. The Kier molecular flexibility index (Phi) is 6.26. The molecular weight excluding hydrogens is 260 g/mol. The molecule has 1 fully saturated rings. The van der Waals surface area contributed by atoms with Crippen LogP contribution in [0.3, 0.4) is 0 Å². The third kappa shape index (κ3) is 4.67. The summed E-state index contributed by atoms with van der Waals surface area (Å²) in [5.74, 6) is -0.337. The number of nitrogens with one attached hydrogen (secondary N) is 2. The molecule has 0 spiro atoms. The molecule has 0 aromatic heterocycles. The fourth-order valence-corrected chi connectivity index (χ4v) is 2.88. The van der Waals surface area contributed by atoms with Crippen LogP contribution >= 0.6 is 0 Å². The van der Waals surface area contributed by atoms with E-state index < -0.39 is 24.1 Å². The standard InChI is InChI=1S/C14H26N2O4/c1-8(2)10-6-4-5-7-11(10)15-14(20)16-12(9(3)17)13(18)19/h8-12,17H,4-7H2,1-3H3,(H,18,19)(H2,15,16,20). The molecule has 0 bridgehead atoms. The molecule has 0 aromatic rings. The largest absolute Gasteiger partial charge is 0.480 e. The number of carbonyl (C=O) groups excluding carboxylic acids is 1. The number of aliphatic hydroxyl groups excluding tert-OH is 1. The molecule has 0 radical (unpaired) electrons. The van der Waals surface area contributed by atoms with E-state index in [0.29, 0.717) is 11.8 Å². The number of aliphatic hydroxyl groups is 1. The number of hydrogen-bond donors (Lipinski definition) is 4. The first-order chi connectivity index (χ1) is 9.32. The van der Waals surface area contributed by atoms with E-state index in [2.05, 4.69) is 24.5 Å². The number of carbonyl (C=O) groups is 2. The lowest BCUT2D eigenvalue weighted by Gasteiger charge is -2.35. The van der Waals surface area contributed by atoms with E-state index in [1.54, 1.807) is 0 Å². The molecule has 0 saturated heterocycles. The van der Waals surface area contributed by atoms with Crippen LogP contribution in [0.15, 0.2) is 0 Å². The molecule has 6 heteroatoms. The predicted octanol–water partition coefficient (Wildman–Crippen LogP) is 1.33. The van der Waals surface area contributed by atoms with Gasteiger partial charge < -0.3 is 20.8 Å². The maximum absolute atomic E-state index is 11.9. The highest BCUT2D eigenvalue weighted by Crippen LogP contribution is 2.30. The van der Waals surface area contributed by atoms with Gasteiger partial charge in [-0.3, -0.25) is 0 Å². The first-order valence-electron chi connectivity index (χ1n) is 7.30. The van der Waals surface area contributed by atoms with Gasteiger partial charge in [-0.15, -0.1) is 0 Å².